The van der Waals surface area contributed by atoms with Gasteiger partial charge in [-0.2, -0.15) is 0 Å². The molecule has 5 nitrogen and oxygen atoms in total. The van der Waals surface area contributed by atoms with Crippen LogP contribution in [0.25, 0.3) is 0 Å². The fourth-order valence-corrected chi connectivity index (χ4v) is 4.16. The third-order valence-corrected chi connectivity index (χ3v) is 5.51. The minimum Gasteiger partial charge on any atom is -0.497 e. The maximum absolute atomic E-state index is 12.6. The Kier molecular flexibility index (Phi) is 6.92. The van der Waals surface area contributed by atoms with Crippen molar-refractivity contribution in [2.75, 3.05) is 33.4 Å². The number of likely N-dealkylation sites (tertiary alicyclic amines) is 1. The van der Waals surface area contributed by atoms with E-state index in [-0.39, 0.29) is 18.1 Å². The molecule has 0 aliphatic carbocycles. The Morgan fingerprint density at radius 2 is 2.08 bits per heavy atom. The largest absolute Gasteiger partial charge is 0.497 e. The Morgan fingerprint density at radius 1 is 1.27 bits per heavy atom. The molecular formula is C21H32N2O3. The van der Waals surface area contributed by atoms with E-state index in [2.05, 4.69) is 29.3 Å². The molecule has 5 heteroatoms. The van der Waals surface area contributed by atoms with Gasteiger partial charge in [0.05, 0.1) is 19.6 Å². The average molecular weight is 360 g/mol. The van der Waals surface area contributed by atoms with E-state index in [0.29, 0.717) is 12.3 Å². The first-order valence-corrected chi connectivity index (χ1v) is 9.97. The van der Waals surface area contributed by atoms with Crippen molar-refractivity contribution in [1.82, 2.24) is 10.2 Å². The van der Waals surface area contributed by atoms with Crippen LogP contribution in [0.2, 0.25) is 0 Å². The first-order valence-electron chi connectivity index (χ1n) is 9.97. The quantitative estimate of drug-likeness (QED) is 0.812. The number of benzene rings is 1. The van der Waals surface area contributed by atoms with Crippen molar-refractivity contribution in [3.8, 4) is 5.75 Å². The first kappa shape index (κ1) is 19.2. The van der Waals surface area contributed by atoms with E-state index in [1.165, 1.54) is 12.0 Å². The van der Waals surface area contributed by atoms with E-state index in [4.69, 9.17) is 9.47 Å². The number of carbonyl (C=O) groups excluding carboxylic acids is 1. The van der Waals surface area contributed by atoms with Crippen LogP contribution in [-0.4, -0.2) is 56.3 Å². The number of nitrogens with one attached hydrogen (secondary N) is 1. The topological polar surface area (TPSA) is 50.8 Å². The third-order valence-electron chi connectivity index (χ3n) is 5.51. The highest BCUT2D eigenvalue weighted by Crippen LogP contribution is 2.29. The zero-order chi connectivity index (χ0) is 18.4. The van der Waals surface area contributed by atoms with Crippen LogP contribution in [0.3, 0.4) is 0 Å². The lowest BCUT2D eigenvalue weighted by Gasteiger charge is -2.24. The molecule has 0 radical (unpaired) electrons. The van der Waals surface area contributed by atoms with Crippen molar-refractivity contribution in [2.45, 2.75) is 57.1 Å². The summed E-state index contributed by atoms with van der Waals surface area (Å²) in [4.78, 5) is 15.0. The molecule has 1 N–H and O–H groups in total. The molecule has 0 spiro atoms. The molecule has 2 saturated heterocycles. The van der Waals surface area contributed by atoms with E-state index in [1.54, 1.807) is 7.11 Å². The van der Waals surface area contributed by atoms with Gasteiger partial charge in [-0.1, -0.05) is 19.1 Å². The summed E-state index contributed by atoms with van der Waals surface area (Å²) in [7, 11) is 1.68. The average Bonchev–Trinajstić information content (AvgIpc) is 3.05. The van der Waals surface area contributed by atoms with Crippen LogP contribution in [0.1, 0.15) is 50.5 Å². The molecular weight excluding hydrogens is 328 g/mol. The van der Waals surface area contributed by atoms with Gasteiger partial charge in [0.15, 0.2) is 0 Å². The SMILES string of the molecule is CCCN1C[C@H](NC(=O)C[C@@H]2CCCCO2)[C@@H](c2ccc(OC)cc2)C1. The summed E-state index contributed by atoms with van der Waals surface area (Å²) in [5.74, 6) is 1.31. The molecule has 144 valence electrons. The molecule has 1 aromatic rings. The van der Waals surface area contributed by atoms with Crippen LogP contribution in [0, 0.1) is 0 Å². The summed E-state index contributed by atoms with van der Waals surface area (Å²) < 4.78 is 11.0. The maximum atomic E-state index is 12.6. The van der Waals surface area contributed by atoms with Gasteiger partial charge in [-0.25, -0.2) is 0 Å². The van der Waals surface area contributed by atoms with Gasteiger partial charge in [0.1, 0.15) is 5.75 Å². The molecule has 26 heavy (non-hydrogen) atoms. The summed E-state index contributed by atoms with van der Waals surface area (Å²) in [6.45, 7) is 5.98. The Balaban J connectivity index is 1.63. The minimum atomic E-state index is 0.0938. The second kappa shape index (κ2) is 9.38. The maximum Gasteiger partial charge on any atom is 0.222 e. The highest BCUT2D eigenvalue weighted by atomic mass is 16.5. The number of rotatable bonds is 7. The number of ether oxygens (including phenoxy) is 2. The Labute approximate surface area is 157 Å². The summed E-state index contributed by atoms with van der Waals surface area (Å²) in [6.07, 6.45) is 5.00. The molecule has 0 aromatic heterocycles. The summed E-state index contributed by atoms with van der Waals surface area (Å²) in [5.41, 5.74) is 1.27. The molecule has 2 heterocycles. The molecule has 3 rings (SSSR count). The normalized spacial score (nSPS) is 26.6. The summed E-state index contributed by atoms with van der Waals surface area (Å²) in [5, 5.41) is 3.30. The second-order valence-corrected chi connectivity index (χ2v) is 7.51. The zero-order valence-corrected chi connectivity index (χ0v) is 16.1. The second-order valence-electron chi connectivity index (χ2n) is 7.51. The van der Waals surface area contributed by atoms with Gasteiger partial charge < -0.3 is 19.7 Å². The lowest BCUT2D eigenvalue weighted by atomic mass is 9.94. The highest BCUT2D eigenvalue weighted by Gasteiger charge is 2.34. The van der Waals surface area contributed by atoms with E-state index >= 15 is 0 Å². The molecule has 2 fully saturated rings. The van der Waals surface area contributed by atoms with E-state index in [9.17, 15) is 4.79 Å². The Morgan fingerprint density at radius 3 is 2.73 bits per heavy atom. The number of hydrogen-bond donors (Lipinski definition) is 1. The van der Waals surface area contributed by atoms with Crippen LogP contribution < -0.4 is 10.1 Å². The smallest absolute Gasteiger partial charge is 0.222 e. The number of hydrogen-bond acceptors (Lipinski definition) is 4. The van der Waals surface area contributed by atoms with Crippen LogP contribution in [0.15, 0.2) is 24.3 Å². The van der Waals surface area contributed by atoms with Crippen molar-refractivity contribution in [2.24, 2.45) is 0 Å². The molecule has 0 bridgehead atoms. The fraction of sp³-hybridized carbons (Fsp3) is 0.667. The van der Waals surface area contributed by atoms with Crippen LogP contribution in [0.4, 0.5) is 0 Å². The lowest BCUT2D eigenvalue weighted by Crippen LogP contribution is -2.41. The minimum absolute atomic E-state index is 0.0938. The van der Waals surface area contributed by atoms with Gasteiger partial charge in [0, 0.05) is 31.7 Å². The third kappa shape index (κ3) is 4.98. The first-order chi connectivity index (χ1) is 12.7. The van der Waals surface area contributed by atoms with Gasteiger partial charge >= 0.3 is 0 Å². The molecule has 2 aliphatic rings. The fourth-order valence-electron chi connectivity index (χ4n) is 4.16. The van der Waals surface area contributed by atoms with E-state index in [0.717, 1.165) is 51.3 Å². The monoisotopic (exact) mass is 360 g/mol. The lowest BCUT2D eigenvalue weighted by molar-refractivity contribution is -0.125. The Hall–Kier alpha value is -1.59. The van der Waals surface area contributed by atoms with Crippen LogP contribution in [-0.2, 0) is 9.53 Å². The standard InChI is InChI=1S/C21H32N2O3/c1-3-11-23-14-19(16-7-9-17(25-2)10-8-16)20(15-23)22-21(24)13-18-6-4-5-12-26-18/h7-10,18-20H,3-6,11-15H2,1-2H3,(H,22,24)/t18-,19+,20-/m0/s1. The van der Waals surface area contributed by atoms with Crippen LogP contribution >= 0.6 is 0 Å². The number of amides is 1. The van der Waals surface area contributed by atoms with Crippen molar-refractivity contribution in [3.05, 3.63) is 29.8 Å². The van der Waals surface area contributed by atoms with Crippen LogP contribution in [0.5, 0.6) is 5.75 Å². The molecule has 0 saturated carbocycles. The molecule has 1 amide bonds. The van der Waals surface area contributed by atoms with Crippen molar-refractivity contribution >= 4 is 5.91 Å². The Bertz CT molecular complexity index is 569. The zero-order valence-electron chi connectivity index (χ0n) is 16.1. The predicted octanol–water partition coefficient (Wildman–Crippen LogP) is 2.95. The highest BCUT2D eigenvalue weighted by molar-refractivity contribution is 5.77. The van der Waals surface area contributed by atoms with Gasteiger partial charge in [-0.15, -0.1) is 0 Å². The van der Waals surface area contributed by atoms with Crippen molar-refractivity contribution < 1.29 is 14.3 Å². The predicted molar refractivity (Wildman–Crippen MR) is 103 cm³/mol. The molecule has 1 aromatic carbocycles. The number of methoxy groups -OCH3 is 1. The van der Waals surface area contributed by atoms with Gasteiger partial charge in [-0.05, 0) is 49.9 Å². The summed E-state index contributed by atoms with van der Waals surface area (Å²) >= 11 is 0. The molecule has 0 unspecified atom stereocenters. The van der Waals surface area contributed by atoms with Crippen molar-refractivity contribution in [1.29, 1.82) is 0 Å². The van der Waals surface area contributed by atoms with E-state index < -0.39 is 0 Å². The van der Waals surface area contributed by atoms with E-state index in [1.807, 2.05) is 12.1 Å². The van der Waals surface area contributed by atoms with Crippen molar-refractivity contribution in [3.63, 3.8) is 0 Å². The molecule has 2 aliphatic heterocycles. The van der Waals surface area contributed by atoms with Gasteiger partial charge in [-0.3, -0.25) is 4.79 Å². The number of carbonyl (C=O) groups is 1. The van der Waals surface area contributed by atoms with Gasteiger partial charge in [0.25, 0.3) is 0 Å². The van der Waals surface area contributed by atoms with Gasteiger partial charge in [0.2, 0.25) is 5.91 Å². The summed E-state index contributed by atoms with van der Waals surface area (Å²) in [6, 6.07) is 8.43. The number of nitrogens with zero attached hydrogens (tertiary/aromatic N) is 1. The molecule has 3 atom stereocenters.